The van der Waals surface area contributed by atoms with E-state index in [1.54, 1.807) is 30.3 Å². The Morgan fingerprint density at radius 1 is 0.720 bits per heavy atom. The van der Waals surface area contributed by atoms with Crippen LogP contribution in [0.4, 0.5) is 13.2 Å². The van der Waals surface area contributed by atoms with Gasteiger partial charge in [-0.1, -0.05) is 42.5 Å². The Labute approximate surface area is 142 Å². The van der Waals surface area contributed by atoms with Crippen molar-refractivity contribution in [1.29, 1.82) is 0 Å². The molecular weight excluding hydrogens is 327 g/mol. The number of hydrogen-bond acceptors (Lipinski definition) is 2. The van der Waals surface area contributed by atoms with E-state index < -0.39 is 12.0 Å². The van der Waals surface area contributed by atoms with Gasteiger partial charge in [-0.2, -0.15) is 13.2 Å². The van der Waals surface area contributed by atoms with E-state index in [2.05, 4.69) is 22.1 Å². The van der Waals surface area contributed by atoms with E-state index in [4.69, 9.17) is 0 Å². The van der Waals surface area contributed by atoms with Crippen LogP contribution in [0, 0.1) is 0 Å². The van der Waals surface area contributed by atoms with Crippen molar-refractivity contribution >= 4 is 10.9 Å². The molecule has 4 aromatic rings. The molecule has 0 atom stereocenters. The Morgan fingerprint density at radius 3 is 2.12 bits per heavy atom. The maximum Gasteiger partial charge on any atom is 0.450 e. The Balaban J connectivity index is 0.000000157. The van der Waals surface area contributed by atoms with Crippen LogP contribution >= 0.6 is 0 Å². The van der Waals surface area contributed by atoms with Gasteiger partial charge in [0, 0.05) is 29.7 Å². The van der Waals surface area contributed by atoms with Gasteiger partial charge in [0.05, 0.1) is 5.52 Å². The number of para-hydroxylation sites is 2. The summed E-state index contributed by atoms with van der Waals surface area (Å²) in [4.78, 5) is 7.48. The van der Waals surface area contributed by atoms with Crippen LogP contribution in [0.1, 0.15) is 5.82 Å². The van der Waals surface area contributed by atoms with Gasteiger partial charge in [-0.15, -0.1) is 0 Å². The summed E-state index contributed by atoms with van der Waals surface area (Å²) < 4.78 is 38.5. The van der Waals surface area contributed by atoms with Gasteiger partial charge in [-0.3, -0.25) is 9.55 Å². The molecule has 0 bridgehead atoms. The molecule has 2 aromatic heterocycles. The van der Waals surface area contributed by atoms with Crippen molar-refractivity contribution in [3.63, 3.8) is 0 Å². The van der Waals surface area contributed by atoms with Crippen LogP contribution in [0.15, 0.2) is 85.3 Å². The van der Waals surface area contributed by atoms with Crippen LogP contribution in [0.2, 0.25) is 0 Å². The summed E-state index contributed by atoms with van der Waals surface area (Å²) in [6.45, 7) is 0. The first-order chi connectivity index (χ1) is 12.1. The van der Waals surface area contributed by atoms with Crippen molar-refractivity contribution in [3.8, 4) is 5.69 Å². The number of hydrogen-bond donors (Lipinski definition) is 0. The smallest absolute Gasteiger partial charge is 0.296 e. The molecule has 0 radical (unpaired) electrons. The first-order valence-electron chi connectivity index (χ1n) is 7.51. The van der Waals surface area contributed by atoms with Crippen molar-refractivity contribution in [3.05, 3.63) is 91.1 Å². The zero-order valence-corrected chi connectivity index (χ0v) is 13.1. The van der Waals surface area contributed by atoms with Crippen molar-refractivity contribution in [1.82, 2.24) is 14.5 Å². The summed E-state index contributed by atoms with van der Waals surface area (Å²) in [5, 5.41) is 1.20. The Hall–Kier alpha value is -3.15. The van der Waals surface area contributed by atoms with E-state index in [0.717, 1.165) is 16.3 Å². The number of halogens is 3. The average Bonchev–Trinajstić information content (AvgIpc) is 3.13. The number of benzene rings is 2. The maximum absolute atomic E-state index is 12.5. The second kappa shape index (κ2) is 7.17. The molecule has 0 saturated carbocycles. The molecule has 0 saturated heterocycles. The minimum Gasteiger partial charge on any atom is -0.296 e. The van der Waals surface area contributed by atoms with Crippen molar-refractivity contribution in [2.24, 2.45) is 0 Å². The molecule has 2 aromatic carbocycles. The van der Waals surface area contributed by atoms with Gasteiger partial charge in [-0.05, 0) is 24.3 Å². The molecule has 6 heteroatoms. The highest BCUT2D eigenvalue weighted by molar-refractivity contribution is 5.77. The summed E-state index contributed by atoms with van der Waals surface area (Å²) >= 11 is 0. The summed E-state index contributed by atoms with van der Waals surface area (Å²) in [6.07, 6.45) is -0.199. The van der Waals surface area contributed by atoms with Gasteiger partial charge < -0.3 is 0 Å². The molecule has 126 valence electrons. The Bertz CT molecular complexity index is 881. The van der Waals surface area contributed by atoms with Gasteiger partial charge in [0.1, 0.15) is 0 Å². The Morgan fingerprint density at radius 2 is 1.40 bits per heavy atom. The van der Waals surface area contributed by atoms with E-state index >= 15 is 0 Å². The van der Waals surface area contributed by atoms with Crippen LogP contribution in [-0.2, 0) is 6.18 Å². The van der Waals surface area contributed by atoms with Crippen LogP contribution in [0.25, 0.3) is 16.6 Å². The minimum absolute atomic E-state index is 0.447. The van der Waals surface area contributed by atoms with E-state index in [-0.39, 0.29) is 0 Å². The van der Waals surface area contributed by atoms with Crippen LogP contribution < -0.4 is 0 Å². The lowest BCUT2D eigenvalue weighted by Gasteiger charge is -2.09. The average molecular weight is 341 g/mol. The van der Waals surface area contributed by atoms with E-state index in [1.807, 2.05) is 30.5 Å². The first kappa shape index (κ1) is 16.7. The van der Waals surface area contributed by atoms with Gasteiger partial charge in [0.2, 0.25) is 5.82 Å². The monoisotopic (exact) mass is 341 g/mol. The van der Waals surface area contributed by atoms with E-state index in [0.29, 0.717) is 5.69 Å². The largest absolute Gasteiger partial charge is 0.450 e. The van der Waals surface area contributed by atoms with Gasteiger partial charge >= 0.3 is 6.18 Å². The fourth-order valence-electron chi connectivity index (χ4n) is 2.33. The van der Waals surface area contributed by atoms with Crippen molar-refractivity contribution < 1.29 is 13.2 Å². The third-order valence-corrected chi connectivity index (χ3v) is 3.44. The molecule has 0 aliphatic heterocycles. The second-order valence-corrected chi connectivity index (χ2v) is 5.15. The summed E-state index contributed by atoms with van der Waals surface area (Å²) in [5.74, 6) is -0.909. The minimum atomic E-state index is -4.43. The van der Waals surface area contributed by atoms with Gasteiger partial charge in [0.25, 0.3) is 0 Å². The fraction of sp³-hybridized carbons (Fsp3) is 0.0526. The van der Waals surface area contributed by atoms with Crippen LogP contribution in [-0.4, -0.2) is 14.5 Å². The van der Waals surface area contributed by atoms with Crippen LogP contribution in [0.5, 0.6) is 0 Å². The molecule has 2 heterocycles. The maximum atomic E-state index is 12.5. The summed E-state index contributed by atoms with van der Waals surface area (Å²) in [5.41, 5.74) is 1.51. The standard InChI is InChI=1S/C10H7F3N2.C9H7N/c11-10(12,13)9-14-6-7-15(9)8-4-2-1-3-5-8;1-2-6-9-8(4-1)5-3-7-10-9/h1-7H;1-7H. The second-order valence-electron chi connectivity index (χ2n) is 5.15. The predicted molar refractivity (Wildman–Crippen MR) is 90.3 cm³/mol. The SMILES string of the molecule is FC(F)(F)c1nccn1-c1ccccc1.c1ccc2ncccc2c1. The highest BCUT2D eigenvalue weighted by Gasteiger charge is 2.36. The number of imidazole rings is 1. The molecule has 0 amide bonds. The lowest BCUT2D eigenvalue weighted by Crippen LogP contribution is -2.13. The van der Waals surface area contributed by atoms with Gasteiger partial charge in [-0.25, -0.2) is 4.98 Å². The molecule has 0 spiro atoms. The third-order valence-electron chi connectivity index (χ3n) is 3.44. The number of alkyl halides is 3. The zero-order valence-electron chi connectivity index (χ0n) is 13.1. The molecule has 25 heavy (non-hydrogen) atoms. The number of pyridine rings is 1. The number of aromatic nitrogens is 3. The molecule has 0 aliphatic carbocycles. The molecule has 0 N–H and O–H groups in total. The summed E-state index contributed by atoms with van der Waals surface area (Å²) in [7, 11) is 0. The molecule has 0 fully saturated rings. The van der Waals surface area contributed by atoms with Gasteiger partial charge in [0.15, 0.2) is 0 Å². The van der Waals surface area contributed by atoms with Crippen LogP contribution in [0.3, 0.4) is 0 Å². The van der Waals surface area contributed by atoms with Crippen molar-refractivity contribution in [2.45, 2.75) is 6.18 Å². The lowest BCUT2D eigenvalue weighted by atomic mass is 10.2. The first-order valence-corrected chi connectivity index (χ1v) is 7.51. The highest BCUT2D eigenvalue weighted by atomic mass is 19.4. The number of nitrogens with zero attached hydrogens (tertiary/aromatic N) is 3. The number of rotatable bonds is 1. The lowest BCUT2D eigenvalue weighted by molar-refractivity contribution is -0.145. The molecule has 4 rings (SSSR count). The quantitative estimate of drug-likeness (QED) is 0.481. The van der Waals surface area contributed by atoms with E-state index in [9.17, 15) is 13.2 Å². The third kappa shape index (κ3) is 4.03. The zero-order chi connectivity index (χ0) is 17.7. The van der Waals surface area contributed by atoms with Crippen molar-refractivity contribution in [2.75, 3.05) is 0 Å². The Kier molecular flexibility index (Phi) is 4.79. The molecule has 3 nitrogen and oxygen atoms in total. The fourth-order valence-corrected chi connectivity index (χ4v) is 2.33. The number of fused-ring (bicyclic) bond motifs is 1. The summed E-state index contributed by atoms with van der Waals surface area (Å²) in [6, 6.07) is 20.4. The molecule has 0 aliphatic rings. The topological polar surface area (TPSA) is 30.7 Å². The normalized spacial score (nSPS) is 11.0. The predicted octanol–water partition coefficient (Wildman–Crippen LogP) is 5.13. The molecule has 0 unspecified atom stereocenters. The molecular formula is C19H14F3N3. The highest BCUT2D eigenvalue weighted by Crippen LogP contribution is 2.29. The van der Waals surface area contributed by atoms with E-state index in [1.165, 1.54) is 11.6 Å².